The molecule has 0 aliphatic heterocycles. The van der Waals surface area contributed by atoms with Crippen LogP contribution in [0.1, 0.15) is 31.4 Å². The van der Waals surface area contributed by atoms with Crippen LogP contribution in [0.4, 0.5) is 0 Å². The van der Waals surface area contributed by atoms with E-state index in [1.165, 1.54) is 22.0 Å². The Labute approximate surface area is 103 Å². The van der Waals surface area contributed by atoms with Crippen molar-refractivity contribution in [2.24, 2.45) is 0 Å². The molecule has 1 heterocycles. The Morgan fingerprint density at radius 2 is 2.06 bits per heavy atom. The van der Waals surface area contributed by atoms with Crippen molar-refractivity contribution in [3.63, 3.8) is 0 Å². The maximum atomic E-state index is 5.64. The van der Waals surface area contributed by atoms with Crippen LogP contribution >= 0.6 is 0 Å². The summed E-state index contributed by atoms with van der Waals surface area (Å²) in [6.07, 6.45) is 4.37. The SMILES string of the molecule is CCCOCn1cc(CC)c2c(C)cccc21. The van der Waals surface area contributed by atoms with Crippen LogP contribution < -0.4 is 0 Å². The highest BCUT2D eigenvalue weighted by molar-refractivity contribution is 5.87. The lowest BCUT2D eigenvalue weighted by Gasteiger charge is -2.06. The lowest BCUT2D eigenvalue weighted by atomic mass is 10.1. The second kappa shape index (κ2) is 5.37. The molecule has 0 aliphatic rings. The van der Waals surface area contributed by atoms with Gasteiger partial charge in [-0.25, -0.2) is 0 Å². The Morgan fingerprint density at radius 1 is 1.24 bits per heavy atom. The van der Waals surface area contributed by atoms with E-state index < -0.39 is 0 Å². The van der Waals surface area contributed by atoms with Crippen molar-refractivity contribution in [1.82, 2.24) is 4.57 Å². The van der Waals surface area contributed by atoms with Crippen LogP contribution in [0.3, 0.4) is 0 Å². The largest absolute Gasteiger partial charge is 0.361 e. The number of aromatic nitrogens is 1. The summed E-state index contributed by atoms with van der Waals surface area (Å²) in [5.41, 5.74) is 4.06. The summed E-state index contributed by atoms with van der Waals surface area (Å²) in [5.74, 6) is 0. The highest BCUT2D eigenvalue weighted by Gasteiger charge is 2.08. The fourth-order valence-electron chi connectivity index (χ4n) is 2.31. The van der Waals surface area contributed by atoms with Crippen molar-refractivity contribution in [1.29, 1.82) is 0 Å². The Kier molecular flexibility index (Phi) is 3.85. The molecule has 2 rings (SSSR count). The van der Waals surface area contributed by atoms with Gasteiger partial charge in [-0.2, -0.15) is 0 Å². The number of nitrogens with zero attached hydrogens (tertiary/aromatic N) is 1. The summed E-state index contributed by atoms with van der Waals surface area (Å²) in [6, 6.07) is 6.48. The Balaban J connectivity index is 2.39. The van der Waals surface area contributed by atoms with Crippen LogP contribution in [-0.4, -0.2) is 11.2 Å². The zero-order valence-corrected chi connectivity index (χ0v) is 11.0. The molecule has 0 saturated carbocycles. The number of rotatable bonds is 5. The van der Waals surface area contributed by atoms with E-state index in [0.717, 1.165) is 19.4 Å². The zero-order chi connectivity index (χ0) is 12.3. The van der Waals surface area contributed by atoms with Gasteiger partial charge in [-0.3, -0.25) is 0 Å². The van der Waals surface area contributed by atoms with Crippen molar-refractivity contribution in [2.45, 2.75) is 40.3 Å². The molecule has 17 heavy (non-hydrogen) atoms. The molecule has 2 aromatic rings. The molecule has 0 aliphatic carbocycles. The summed E-state index contributed by atoms with van der Waals surface area (Å²) in [4.78, 5) is 0. The first-order chi connectivity index (χ1) is 8.27. The first kappa shape index (κ1) is 12.2. The lowest BCUT2D eigenvalue weighted by molar-refractivity contribution is 0.0803. The van der Waals surface area contributed by atoms with Crippen molar-refractivity contribution in [3.8, 4) is 0 Å². The lowest BCUT2D eigenvalue weighted by Crippen LogP contribution is -2.01. The summed E-state index contributed by atoms with van der Waals surface area (Å²) < 4.78 is 7.86. The minimum Gasteiger partial charge on any atom is -0.361 e. The second-order valence-electron chi connectivity index (χ2n) is 4.48. The van der Waals surface area contributed by atoms with Gasteiger partial charge in [0.05, 0.1) is 5.52 Å². The minimum atomic E-state index is 0.661. The Morgan fingerprint density at radius 3 is 2.76 bits per heavy atom. The van der Waals surface area contributed by atoms with Crippen molar-refractivity contribution < 1.29 is 4.74 Å². The van der Waals surface area contributed by atoms with E-state index in [4.69, 9.17) is 4.74 Å². The molecule has 0 N–H and O–H groups in total. The van der Waals surface area contributed by atoms with Crippen LogP contribution in [0.15, 0.2) is 24.4 Å². The van der Waals surface area contributed by atoms with Crippen LogP contribution in [-0.2, 0) is 17.9 Å². The number of aryl methyl sites for hydroxylation is 2. The van der Waals surface area contributed by atoms with E-state index in [1.54, 1.807) is 0 Å². The maximum Gasteiger partial charge on any atom is 0.122 e. The van der Waals surface area contributed by atoms with Gasteiger partial charge < -0.3 is 9.30 Å². The molecule has 0 saturated heterocycles. The molecule has 0 fully saturated rings. The number of hydrogen-bond acceptors (Lipinski definition) is 1. The standard InChI is InChI=1S/C15H21NO/c1-4-9-17-11-16-10-13(5-2)15-12(3)7-6-8-14(15)16/h6-8,10H,4-5,9,11H2,1-3H3. The molecule has 0 atom stereocenters. The van der Waals surface area contributed by atoms with Crippen LogP contribution in [0.5, 0.6) is 0 Å². The first-order valence-corrected chi connectivity index (χ1v) is 6.43. The highest BCUT2D eigenvalue weighted by atomic mass is 16.5. The predicted molar refractivity (Wildman–Crippen MR) is 72.3 cm³/mol. The third kappa shape index (κ3) is 2.37. The van der Waals surface area contributed by atoms with E-state index in [2.05, 4.69) is 49.7 Å². The Bertz CT molecular complexity index is 499. The number of ether oxygens (including phenoxy) is 1. The van der Waals surface area contributed by atoms with Crippen molar-refractivity contribution >= 4 is 10.9 Å². The summed E-state index contributed by atoms with van der Waals surface area (Å²) in [6.45, 7) is 8.01. The highest BCUT2D eigenvalue weighted by Crippen LogP contribution is 2.25. The van der Waals surface area contributed by atoms with E-state index in [0.29, 0.717) is 6.73 Å². The number of hydrogen-bond donors (Lipinski definition) is 0. The number of benzene rings is 1. The molecule has 1 aromatic heterocycles. The van der Waals surface area contributed by atoms with E-state index >= 15 is 0 Å². The molecule has 92 valence electrons. The predicted octanol–water partition coefficient (Wildman–Crippen LogP) is 3.90. The molecule has 0 radical (unpaired) electrons. The molecule has 2 nitrogen and oxygen atoms in total. The van der Waals surface area contributed by atoms with Crippen LogP contribution in [0.2, 0.25) is 0 Å². The molecular formula is C15H21NO. The van der Waals surface area contributed by atoms with Crippen molar-refractivity contribution in [2.75, 3.05) is 6.61 Å². The van der Waals surface area contributed by atoms with Gasteiger partial charge in [0, 0.05) is 18.2 Å². The second-order valence-corrected chi connectivity index (χ2v) is 4.48. The van der Waals surface area contributed by atoms with Gasteiger partial charge in [-0.05, 0) is 37.0 Å². The van der Waals surface area contributed by atoms with Gasteiger partial charge >= 0.3 is 0 Å². The van der Waals surface area contributed by atoms with Gasteiger partial charge in [-0.1, -0.05) is 26.0 Å². The molecule has 2 heteroatoms. The van der Waals surface area contributed by atoms with Gasteiger partial charge in [0.2, 0.25) is 0 Å². The first-order valence-electron chi connectivity index (χ1n) is 6.43. The minimum absolute atomic E-state index is 0.661. The maximum absolute atomic E-state index is 5.64. The van der Waals surface area contributed by atoms with E-state index in [1.807, 2.05) is 0 Å². The zero-order valence-electron chi connectivity index (χ0n) is 11.0. The monoisotopic (exact) mass is 231 g/mol. The van der Waals surface area contributed by atoms with E-state index in [9.17, 15) is 0 Å². The molecule has 0 unspecified atom stereocenters. The smallest absolute Gasteiger partial charge is 0.122 e. The average molecular weight is 231 g/mol. The van der Waals surface area contributed by atoms with Gasteiger partial charge in [0.15, 0.2) is 0 Å². The fourth-order valence-corrected chi connectivity index (χ4v) is 2.31. The third-order valence-corrected chi connectivity index (χ3v) is 3.15. The van der Waals surface area contributed by atoms with Crippen LogP contribution in [0, 0.1) is 6.92 Å². The van der Waals surface area contributed by atoms with Gasteiger partial charge in [0.25, 0.3) is 0 Å². The summed E-state index contributed by atoms with van der Waals surface area (Å²) in [7, 11) is 0. The topological polar surface area (TPSA) is 14.2 Å². The molecule has 0 amide bonds. The number of fused-ring (bicyclic) bond motifs is 1. The molecular weight excluding hydrogens is 210 g/mol. The van der Waals surface area contributed by atoms with Gasteiger partial charge in [-0.15, -0.1) is 0 Å². The van der Waals surface area contributed by atoms with Crippen molar-refractivity contribution in [3.05, 3.63) is 35.5 Å². The van der Waals surface area contributed by atoms with Crippen LogP contribution in [0.25, 0.3) is 10.9 Å². The Hall–Kier alpha value is -1.28. The normalized spacial score (nSPS) is 11.2. The summed E-state index contributed by atoms with van der Waals surface area (Å²) >= 11 is 0. The quantitative estimate of drug-likeness (QED) is 0.712. The summed E-state index contributed by atoms with van der Waals surface area (Å²) in [5, 5.41) is 1.40. The molecule has 0 spiro atoms. The third-order valence-electron chi connectivity index (χ3n) is 3.15. The molecule has 1 aromatic carbocycles. The average Bonchev–Trinajstić information content (AvgIpc) is 2.70. The van der Waals surface area contributed by atoms with Gasteiger partial charge in [0.1, 0.15) is 6.73 Å². The molecule has 0 bridgehead atoms. The van der Waals surface area contributed by atoms with E-state index in [-0.39, 0.29) is 0 Å². The fraction of sp³-hybridized carbons (Fsp3) is 0.467.